The molecule has 1 N–H and O–H groups in total. The van der Waals surface area contributed by atoms with Gasteiger partial charge in [-0.25, -0.2) is 0 Å². The monoisotopic (exact) mass is 277 g/mol. The first kappa shape index (κ1) is 14.3. The van der Waals surface area contributed by atoms with Crippen LogP contribution in [0.5, 0.6) is 0 Å². The van der Waals surface area contributed by atoms with Crippen molar-refractivity contribution in [3.05, 3.63) is 29.3 Å². The molecule has 1 aromatic carbocycles. The number of hydrogen-bond donors (Lipinski definition) is 1. The van der Waals surface area contributed by atoms with E-state index in [1.807, 2.05) is 39.0 Å². The van der Waals surface area contributed by atoms with Crippen LogP contribution in [-0.4, -0.2) is 29.5 Å². The van der Waals surface area contributed by atoms with Crippen LogP contribution in [0.4, 0.5) is 0 Å². The molecule has 4 heteroatoms. The molecule has 0 radical (unpaired) electrons. The molecular weight excluding hydrogens is 254 g/mol. The molecule has 1 aromatic rings. The first-order chi connectivity index (χ1) is 8.55. The molecule has 0 aromatic heterocycles. The van der Waals surface area contributed by atoms with Gasteiger partial charge in [0.25, 0.3) is 5.91 Å². The van der Waals surface area contributed by atoms with E-state index in [2.05, 4.69) is 19.6 Å². The minimum absolute atomic E-state index is 0.0342. The molecule has 0 bridgehead atoms. The fourth-order valence-corrected chi connectivity index (χ4v) is 4.29. The topological polar surface area (TPSA) is 40.5 Å². The van der Waals surface area contributed by atoms with Crippen molar-refractivity contribution in [2.45, 2.75) is 52.2 Å². The number of benzene rings is 1. The highest BCUT2D eigenvalue weighted by Gasteiger charge is 2.44. The van der Waals surface area contributed by atoms with Crippen molar-refractivity contribution in [1.29, 1.82) is 0 Å². The SMILES string of the molecule is CC(C)(C)N1C(=O)c2c(cccc2[Si](C)(C)C)C1O. The molecule has 0 saturated carbocycles. The van der Waals surface area contributed by atoms with E-state index >= 15 is 0 Å². The Hall–Kier alpha value is -1.13. The van der Waals surface area contributed by atoms with E-state index in [0.29, 0.717) is 0 Å². The van der Waals surface area contributed by atoms with Crippen molar-refractivity contribution in [2.75, 3.05) is 0 Å². The van der Waals surface area contributed by atoms with Crippen LogP contribution in [-0.2, 0) is 0 Å². The zero-order valence-electron chi connectivity index (χ0n) is 12.6. The largest absolute Gasteiger partial charge is 0.369 e. The van der Waals surface area contributed by atoms with Gasteiger partial charge in [0.15, 0.2) is 6.23 Å². The van der Waals surface area contributed by atoms with Gasteiger partial charge in [0, 0.05) is 16.7 Å². The molecule has 0 spiro atoms. The van der Waals surface area contributed by atoms with E-state index < -0.39 is 14.3 Å². The van der Waals surface area contributed by atoms with Crippen LogP contribution in [0.1, 0.15) is 42.9 Å². The second kappa shape index (κ2) is 4.18. The summed E-state index contributed by atoms with van der Waals surface area (Å²) in [4.78, 5) is 14.3. The molecule has 19 heavy (non-hydrogen) atoms. The Bertz CT molecular complexity index is 526. The molecule has 1 unspecified atom stereocenters. The summed E-state index contributed by atoms with van der Waals surface area (Å²) >= 11 is 0. The van der Waals surface area contributed by atoms with Gasteiger partial charge in [0.2, 0.25) is 0 Å². The van der Waals surface area contributed by atoms with Crippen LogP contribution >= 0.6 is 0 Å². The van der Waals surface area contributed by atoms with Gasteiger partial charge in [-0.05, 0) is 26.0 Å². The maximum absolute atomic E-state index is 12.7. The molecule has 1 atom stereocenters. The van der Waals surface area contributed by atoms with Crippen LogP contribution < -0.4 is 5.19 Å². The fourth-order valence-electron chi connectivity index (χ4n) is 2.69. The van der Waals surface area contributed by atoms with E-state index in [0.717, 1.165) is 16.3 Å². The smallest absolute Gasteiger partial charge is 0.256 e. The van der Waals surface area contributed by atoms with Gasteiger partial charge in [-0.1, -0.05) is 37.8 Å². The Morgan fingerprint density at radius 3 is 2.26 bits per heavy atom. The Kier molecular flexibility index (Phi) is 3.14. The lowest BCUT2D eigenvalue weighted by Gasteiger charge is -2.34. The zero-order valence-corrected chi connectivity index (χ0v) is 13.6. The lowest BCUT2D eigenvalue weighted by Crippen LogP contribution is -2.46. The third kappa shape index (κ3) is 2.23. The van der Waals surface area contributed by atoms with Crippen molar-refractivity contribution in [2.24, 2.45) is 0 Å². The van der Waals surface area contributed by atoms with Gasteiger partial charge in [-0.15, -0.1) is 0 Å². The van der Waals surface area contributed by atoms with E-state index in [1.165, 1.54) is 0 Å². The number of carbonyl (C=O) groups is 1. The molecule has 1 heterocycles. The molecule has 0 aliphatic carbocycles. The highest BCUT2D eigenvalue weighted by atomic mass is 28.3. The van der Waals surface area contributed by atoms with E-state index in [4.69, 9.17) is 0 Å². The van der Waals surface area contributed by atoms with E-state index in [1.54, 1.807) is 4.90 Å². The maximum Gasteiger partial charge on any atom is 0.256 e. The summed E-state index contributed by atoms with van der Waals surface area (Å²) < 4.78 is 0. The summed E-state index contributed by atoms with van der Waals surface area (Å²) in [7, 11) is -1.61. The lowest BCUT2D eigenvalue weighted by molar-refractivity contribution is -0.0228. The first-order valence-corrected chi connectivity index (χ1v) is 10.2. The summed E-state index contributed by atoms with van der Waals surface area (Å²) in [5, 5.41) is 11.6. The molecule has 3 nitrogen and oxygen atoms in total. The van der Waals surface area contributed by atoms with E-state index in [-0.39, 0.29) is 11.4 Å². The Labute approximate surface area is 116 Å². The van der Waals surface area contributed by atoms with Crippen molar-refractivity contribution in [3.8, 4) is 0 Å². The predicted molar refractivity (Wildman–Crippen MR) is 80.3 cm³/mol. The van der Waals surface area contributed by atoms with Crippen molar-refractivity contribution < 1.29 is 9.90 Å². The Balaban J connectivity index is 2.64. The molecule has 0 saturated heterocycles. The standard InChI is InChI=1S/C15H23NO2Si/c1-15(2,3)16-13(17)10-8-7-9-11(19(4,5)6)12(10)14(16)18/h7-9,13,17H,1-6H3. The average molecular weight is 277 g/mol. The summed E-state index contributed by atoms with van der Waals surface area (Å²) in [6.45, 7) is 12.5. The van der Waals surface area contributed by atoms with Gasteiger partial charge in [-0.3, -0.25) is 4.79 Å². The predicted octanol–water partition coefficient (Wildman–Crippen LogP) is 2.48. The number of aliphatic hydroxyl groups is 1. The average Bonchev–Trinajstić information content (AvgIpc) is 2.49. The molecule has 1 aliphatic rings. The number of hydrogen-bond acceptors (Lipinski definition) is 2. The molecule has 2 rings (SSSR count). The van der Waals surface area contributed by atoms with E-state index in [9.17, 15) is 9.90 Å². The van der Waals surface area contributed by atoms with Crippen molar-refractivity contribution in [1.82, 2.24) is 4.90 Å². The minimum atomic E-state index is -1.61. The zero-order chi connectivity index (χ0) is 14.6. The number of amides is 1. The normalized spacial score (nSPS) is 19.8. The van der Waals surface area contributed by atoms with Gasteiger partial charge in [-0.2, -0.15) is 0 Å². The fraction of sp³-hybridized carbons (Fsp3) is 0.533. The third-order valence-corrected chi connectivity index (χ3v) is 5.62. The highest BCUT2D eigenvalue weighted by molar-refractivity contribution is 6.89. The number of rotatable bonds is 1. The summed E-state index contributed by atoms with van der Waals surface area (Å²) in [6, 6.07) is 5.87. The third-order valence-electron chi connectivity index (χ3n) is 3.58. The highest BCUT2D eigenvalue weighted by Crippen LogP contribution is 2.36. The van der Waals surface area contributed by atoms with Gasteiger partial charge < -0.3 is 10.0 Å². The Morgan fingerprint density at radius 2 is 1.79 bits per heavy atom. The molecule has 104 valence electrons. The van der Waals surface area contributed by atoms with Gasteiger partial charge >= 0.3 is 0 Å². The summed E-state index contributed by atoms with van der Waals surface area (Å²) in [6.07, 6.45) is -0.821. The molecule has 0 fully saturated rings. The van der Waals surface area contributed by atoms with Gasteiger partial charge in [0.1, 0.15) is 0 Å². The number of nitrogens with zero attached hydrogens (tertiary/aromatic N) is 1. The second-order valence-corrected chi connectivity index (χ2v) is 12.3. The maximum atomic E-state index is 12.7. The quantitative estimate of drug-likeness (QED) is 0.801. The number of aliphatic hydroxyl groups excluding tert-OH is 1. The number of fused-ring (bicyclic) bond motifs is 1. The van der Waals surface area contributed by atoms with Crippen LogP contribution in [0.2, 0.25) is 19.6 Å². The molecule has 1 amide bonds. The van der Waals surface area contributed by atoms with Crippen molar-refractivity contribution in [3.63, 3.8) is 0 Å². The summed E-state index contributed by atoms with van der Waals surface area (Å²) in [5.41, 5.74) is 1.12. The first-order valence-electron chi connectivity index (χ1n) is 6.70. The van der Waals surface area contributed by atoms with Crippen LogP contribution in [0.25, 0.3) is 0 Å². The Morgan fingerprint density at radius 1 is 1.21 bits per heavy atom. The molecule has 1 aliphatic heterocycles. The van der Waals surface area contributed by atoms with Crippen LogP contribution in [0.15, 0.2) is 18.2 Å². The van der Waals surface area contributed by atoms with Crippen LogP contribution in [0.3, 0.4) is 0 Å². The second-order valence-electron chi connectivity index (χ2n) is 7.24. The minimum Gasteiger partial charge on any atom is -0.369 e. The molecular formula is C15H23NO2Si. The lowest BCUT2D eigenvalue weighted by atomic mass is 10.1. The van der Waals surface area contributed by atoms with Crippen LogP contribution in [0, 0.1) is 0 Å². The number of carbonyl (C=O) groups excluding carboxylic acids is 1. The van der Waals surface area contributed by atoms with Crippen molar-refractivity contribution >= 4 is 19.2 Å². The summed E-state index contributed by atoms with van der Waals surface area (Å²) in [5.74, 6) is -0.0342. The van der Waals surface area contributed by atoms with Gasteiger partial charge in [0.05, 0.1) is 8.07 Å².